The van der Waals surface area contributed by atoms with E-state index in [1.807, 2.05) is 0 Å². The van der Waals surface area contributed by atoms with Gasteiger partial charge in [0.15, 0.2) is 0 Å². The van der Waals surface area contributed by atoms with Crippen molar-refractivity contribution in [1.82, 2.24) is 19.4 Å². The van der Waals surface area contributed by atoms with Crippen LogP contribution in [0.5, 0.6) is 0 Å². The third kappa shape index (κ3) is 2.45. The summed E-state index contributed by atoms with van der Waals surface area (Å²) < 4.78 is 2.73. The zero-order valence-corrected chi connectivity index (χ0v) is 12.1. The summed E-state index contributed by atoms with van der Waals surface area (Å²) in [6, 6.07) is 2.79. The number of rotatable bonds is 2. The summed E-state index contributed by atoms with van der Waals surface area (Å²) in [5.41, 5.74) is 0.329. The number of nitrogens with one attached hydrogen (secondary N) is 1. The van der Waals surface area contributed by atoms with Crippen molar-refractivity contribution < 1.29 is 0 Å². The Labute approximate surface area is 118 Å². The number of likely N-dealkylation sites (tertiary alicyclic amines) is 1. The van der Waals surface area contributed by atoms with Crippen LogP contribution in [0, 0.1) is 0 Å². The minimum atomic E-state index is -0.248. The van der Waals surface area contributed by atoms with E-state index in [1.165, 1.54) is 19.9 Å². The number of nitrogens with zero attached hydrogens (tertiary/aromatic N) is 3. The Morgan fingerprint density at radius 1 is 1.15 bits per heavy atom. The smallest absolute Gasteiger partial charge is 0.310 e. The highest BCUT2D eigenvalue weighted by Crippen LogP contribution is 2.21. The first kappa shape index (κ1) is 13.6. The highest BCUT2D eigenvalue weighted by atomic mass is 16.2. The Bertz CT molecular complexity index is 619. The summed E-state index contributed by atoms with van der Waals surface area (Å²) in [6.45, 7) is 2.70. The van der Waals surface area contributed by atoms with Crippen LogP contribution in [0.3, 0.4) is 0 Å². The van der Waals surface area contributed by atoms with E-state index in [0.717, 1.165) is 29.8 Å². The van der Waals surface area contributed by atoms with Crippen LogP contribution in [0.1, 0.15) is 25.0 Å². The van der Waals surface area contributed by atoms with Crippen LogP contribution in [0.15, 0.2) is 15.7 Å². The lowest BCUT2D eigenvalue weighted by Crippen LogP contribution is -2.41. The Balaban J connectivity index is 1.81. The lowest BCUT2D eigenvalue weighted by Gasteiger charge is -2.24. The van der Waals surface area contributed by atoms with Gasteiger partial charge in [-0.15, -0.1) is 0 Å². The van der Waals surface area contributed by atoms with Gasteiger partial charge in [0.2, 0.25) is 0 Å². The van der Waals surface area contributed by atoms with Crippen LogP contribution in [-0.2, 0) is 20.6 Å². The summed E-state index contributed by atoms with van der Waals surface area (Å²) in [5, 5.41) is 3.64. The molecule has 1 aromatic heterocycles. The molecule has 2 fully saturated rings. The zero-order valence-electron chi connectivity index (χ0n) is 12.1. The minimum Gasteiger partial charge on any atom is -0.310 e. The Morgan fingerprint density at radius 3 is 2.70 bits per heavy atom. The number of aromatic nitrogens is 2. The monoisotopic (exact) mass is 278 g/mol. The SMILES string of the molecule is Cn1c(CN2CCC3CCC(C2)N3)cc(=O)n(C)c1=O. The molecule has 0 amide bonds. The first-order valence-corrected chi connectivity index (χ1v) is 7.29. The first-order chi connectivity index (χ1) is 9.54. The Kier molecular flexibility index (Phi) is 3.52. The van der Waals surface area contributed by atoms with Crippen molar-refractivity contribution in [2.75, 3.05) is 13.1 Å². The molecule has 2 bridgehead atoms. The van der Waals surface area contributed by atoms with Gasteiger partial charge in [0.1, 0.15) is 0 Å². The van der Waals surface area contributed by atoms with Gasteiger partial charge in [-0.3, -0.25) is 18.8 Å². The van der Waals surface area contributed by atoms with Gasteiger partial charge in [-0.25, -0.2) is 4.79 Å². The van der Waals surface area contributed by atoms with Crippen molar-refractivity contribution in [3.8, 4) is 0 Å². The van der Waals surface area contributed by atoms with Gasteiger partial charge < -0.3 is 5.32 Å². The van der Waals surface area contributed by atoms with Crippen molar-refractivity contribution in [1.29, 1.82) is 0 Å². The third-order valence-corrected chi connectivity index (χ3v) is 4.62. The average Bonchev–Trinajstić information content (AvgIpc) is 2.76. The molecule has 3 heterocycles. The van der Waals surface area contributed by atoms with Crippen LogP contribution in [0.25, 0.3) is 0 Å². The molecule has 0 aromatic carbocycles. The molecule has 0 saturated carbocycles. The highest BCUT2D eigenvalue weighted by Gasteiger charge is 2.29. The van der Waals surface area contributed by atoms with Crippen LogP contribution in [0.4, 0.5) is 0 Å². The number of hydrogen-bond donors (Lipinski definition) is 1. The fourth-order valence-corrected chi connectivity index (χ4v) is 3.32. The molecule has 1 aromatic rings. The first-order valence-electron chi connectivity index (χ1n) is 7.29. The molecule has 2 saturated heterocycles. The molecule has 20 heavy (non-hydrogen) atoms. The lowest BCUT2D eigenvalue weighted by molar-refractivity contribution is 0.244. The van der Waals surface area contributed by atoms with Crippen LogP contribution in [0.2, 0.25) is 0 Å². The maximum absolute atomic E-state index is 11.9. The number of fused-ring (bicyclic) bond motifs is 2. The molecule has 2 atom stereocenters. The molecule has 110 valence electrons. The van der Waals surface area contributed by atoms with Crippen molar-refractivity contribution >= 4 is 0 Å². The molecular weight excluding hydrogens is 256 g/mol. The zero-order chi connectivity index (χ0) is 14.3. The fourth-order valence-electron chi connectivity index (χ4n) is 3.32. The third-order valence-electron chi connectivity index (χ3n) is 4.62. The van der Waals surface area contributed by atoms with Gasteiger partial charge in [0.05, 0.1) is 0 Å². The molecule has 6 nitrogen and oxygen atoms in total. The highest BCUT2D eigenvalue weighted by molar-refractivity contribution is 5.03. The lowest BCUT2D eigenvalue weighted by atomic mass is 10.1. The van der Waals surface area contributed by atoms with Gasteiger partial charge in [0, 0.05) is 57.6 Å². The van der Waals surface area contributed by atoms with E-state index in [9.17, 15) is 9.59 Å². The molecule has 1 N–H and O–H groups in total. The minimum absolute atomic E-state index is 0.224. The molecule has 0 aliphatic carbocycles. The molecule has 3 rings (SSSR count). The van der Waals surface area contributed by atoms with Crippen molar-refractivity contribution in [3.63, 3.8) is 0 Å². The second-order valence-electron chi connectivity index (χ2n) is 6.04. The molecule has 0 spiro atoms. The summed E-state index contributed by atoms with van der Waals surface area (Å²) in [5.74, 6) is 0. The van der Waals surface area contributed by atoms with E-state index in [0.29, 0.717) is 18.6 Å². The van der Waals surface area contributed by atoms with Gasteiger partial charge >= 0.3 is 5.69 Å². The molecule has 2 aliphatic rings. The van der Waals surface area contributed by atoms with Crippen molar-refractivity contribution in [3.05, 3.63) is 32.6 Å². The van der Waals surface area contributed by atoms with Gasteiger partial charge in [0.25, 0.3) is 5.56 Å². The van der Waals surface area contributed by atoms with Crippen LogP contribution in [-0.4, -0.2) is 39.2 Å². The van der Waals surface area contributed by atoms with Crippen LogP contribution < -0.4 is 16.6 Å². The van der Waals surface area contributed by atoms with E-state index in [1.54, 1.807) is 17.7 Å². The molecule has 2 unspecified atom stereocenters. The fraction of sp³-hybridized carbons (Fsp3) is 0.714. The molecule has 2 aliphatic heterocycles. The second-order valence-corrected chi connectivity index (χ2v) is 6.04. The van der Waals surface area contributed by atoms with Crippen molar-refractivity contribution in [2.24, 2.45) is 14.1 Å². The van der Waals surface area contributed by atoms with Gasteiger partial charge in [-0.1, -0.05) is 0 Å². The molecular formula is C14H22N4O2. The average molecular weight is 278 g/mol. The van der Waals surface area contributed by atoms with Crippen LogP contribution >= 0.6 is 0 Å². The Morgan fingerprint density at radius 2 is 1.90 bits per heavy atom. The van der Waals surface area contributed by atoms with E-state index in [-0.39, 0.29) is 11.2 Å². The maximum atomic E-state index is 11.9. The summed E-state index contributed by atoms with van der Waals surface area (Å²) in [7, 11) is 3.25. The van der Waals surface area contributed by atoms with E-state index >= 15 is 0 Å². The topological polar surface area (TPSA) is 59.3 Å². The predicted molar refractivity (Wildman–Crippen MR) is 76.8 cm³/mol. The van der Waals surface area contributed by atoms with E-state index in [2.05, 4.69) is 10.2 Å². The second kappa shape index (κ2) is 5.18. The summed E-state index contributed by atoms with van der Waals surface area (Å²) in [6.07, 6.45) is 3.66. The van der Waals surface area contributed by atoms with Crippen molar-refractivity contribution in [2.45, 2.75) is 37.9 Å². The van der Waals surface area contributed by atoms with Gasteiger partial charge in [-0.05, 0) is 19.3 Å². The standard InChI is InChI=1S/C14H22N4O2/c1-16-12(7-13(19)17(2)14(16)20)9-18-6-5-10-3-4-11(8-18)15-10/h7,10-11,15H,3-6,8-9H2,1-2H3. The largest absolute Gasteiger partial charge is 0.330 e. The Hall–Kier alpha value is -1.40. The number of hydrogen-bond acceptors (Lipinski definition) is 4. The quantitative estimate of drug-likeness (QED) is 0.785. The molecule has 0 radical (unpaired) electrons. The summed E-state index contributed by atoms with van der Waals surface area (Å²) in [4.78, 5) is 26.1. The van der Waals surface area contributed by atoms with E-state index < -0.39 is 0 Å². The van der Waals surface area contributed by atoms with E-state index in [4.69, 9.17) is 0 Å². The maximum Gasteiger partial charge on any atom is 0.330 e. The summed E-state index contributed by atoms with van der Waals surface area (Å²) >= 11 is 0. The molecule has 6 heteroatoms. The normalized spacial score (nSPS) is 26.7. The predicted octanol–water partition coefficient (Wildman–Crippen LogP) is -0.590. The van der Waals surface area contributed by atoms with Gasteiger partial charge in [-0.2, -0.15) is 0 Å².